The predicted octanol–water partition coefficient (Wildman–Crippen LogP) is 2.06. The first-order valence-corrected chi connectivity index (χ1v) is 8.69. The number of methoxy groups -OCH3 is 1. The second-order valence-corrected chi connectivity index (χ2v) is 6.08. The van der Waals surface area contributed by atoms with E-state index in [9.17, 15) is 9.50 Å². The molecule has 7 heteroatoms. The molecule has 0 radical (unpaired) electrons. The van der Waals surface area contributed by atoms with Crippen LogP contribution >= 0.6 is 0 Å². The lowest BCUT2D eigenvalue weighted by Gasteiger charge is -2.37. The molecule has 0 aliphatic carbocycles. The normalized spacial score (nSPS) is 14.6. The van der Waals surface area contributed by atoms with Crippen LogP contribution in [0.3, 0.4) is 0 Å². The third kappa shape index (κ3) is 4.23. The molecule has 0 amide bonds. The number of hydrogen-bond acceptors (Lipinski definition) is 6. The van der Waals surface area contributed by atoms with Gasteiger partial charge < -0.3 is 24.4 Å². The number of ether oxygens (including phenoxy) is 2. The summed E-state index contributed by atoms with van der Waals surface area (Å²) in [5, 5.41) is 9.24. The highest BCUT2D eigenvalue weighted by atomic mass is 19.1. The first-order chi connectivity index (χ1) is 12.7. The zero-order chi connectivity index (χ0) is 18.4. The van der Waals surface area contributed by atoms with Gasteiger partial charge in [0, 0.05) is 56.8 Å². The third-order valence-electron chi connectivity index (χ3n) is 4.47. The molecule has 0 bridgehead atoms. The summed E-state index contributed by atoms with van der Waals surface area (Å²) < 4.78 is 25.0. The number of nitrogens with zero attached hydrogens (tertiary/aromatic N) is 3. The molecule has 2 aromatic rings. The molecule has 0 spiro atoms. The number of aromatic nitrogens is 1. The van der Waals surface area contributed by atoms with E-state index in [1.165, 1.54) is 0 Å². The lowest BCUT2D eigenvalue weighted by Crippen LogP contribution is -2.46. The van der Waals surface area contributed by atoms with Crippen LogP contribution in [-0.2, 0) is 11.3 Å². The monoisotopic (exact) mass is 361 g/mol. The number of halogens is 1. The summed E-state index contributed by atoms with van der Waals surface area (Å²) in [6.07, 6.45) is 1.73. The maximum atomic E-state index is 14.4. The lowest BCUT2D eigenvalue weighted by molar-refractivity contribution is 0.144. The first-order valence-electron chi connectivity index (χ1n) is 8.69. The van der Waals surface area contributed by atoms with Gasteiger partial charge in [-0.1, -0.05) is 12.1 Å². The summed E-state index contributed by atoms with van der Waals surface area (Å²) >= 11 is 0. The molecule has 1 N–H and O–H groups in total. The molecule has 0 unspecified atom stereocenters. The number of anilines is 2. The van der Waals surface area contributed by atoms with Gasteiger partial charge in [-0.2, -0.15) is 0 Å². The lowest BCUT2D eigenvalue weighted by atomic mass is 10.1. The van der Waals surface area contributed by atoms with Crippen molar-refractivity contribution in [3.8, 4) is 5.88 Å². The maximum absolute atomic E-state index is 14.4. The minimum Gasteiger partial charge on any atom is -0.475 e. The van der Waals surface area contributed by atoms with Crippen LogP contribution in [0.25, 0.3) is 0 Å². The Balaban J connectivity index is 1.63. The van der Waals surface area contributed by atoms with E-state index in [1.54, 1.807) is 31.5 Å². The van der Waals surface area contributed by atoms with Gasteiger partial charge in [-0.05, 0) is 12.1 Å². The number of hydrogen-bond donors (Lipinski definition) is 1. The summed E-state index contributed by atoms with van der Waals surface area (Å²) in [7, 11) is 1.63. The molecule has 0 atom stereocenters. The van der Waals surface area contributed by atoms with Crippen molar-refractivity contribution in [2.24, 2.45) is 0 Å². The Bertz CT molecular complexity index is 721. The topological polar surface area (TPSA) is 58.1 Å². The van der Waals surface area contributed by atoms with E-state index in [-0.39, 0.29) is 12.4 Å². The van der Waals surface area contributed by atoms with Crippen LogP contribution in [0.15, 0.2) is 36.5 Å². The molecule has 6 nitrogen and oxygen atoms in total. The van der Waals surface area contributed by atoms with Gasteiger partial charge >= 0.3 is 0 Å². The highest BCUT2D eigenvalue weighted by Crippen LogP contribution is 2.26. The SMILES string of the molecule is COCCOc1cc(N2CCN(c3cccc(CO)c3F)CC2)ccn1. The predicted molar refractivity (Wildman–Crippen MR) is 98.4 cm³/mol. The van der Waals surface area contributed by atoms with Crippen LogP contribution in [0, 0.1) is 5.82 Å². The molecule has 3 rings (SSSR count). The summed E-state index contributed by atoms with van der Waals surface area (Å²) in [6, 6.07) is 9.02. The van der Waals surface area contributed by atoms with E-state index < -0.39 is 0 Å². The van der Waals surface area contributed by atoms with Crippen molar-refractivity contribution in [2.45, 2.75) is 6.61 Å². The fourth-order valence-corrected chi connectivity index (χ4v) is 3.04. The average Bonchev–Trinajstić information content (AvgIpc) is 2.69. The number of aliphatic hydroxyl groups is 1. The van der Waals surface area contributed by atoms with Gasteiger partial charge in [0.15, 0.2) is 5.82 Å². The molecule has 2 heterocycles. The summed E-state index contributed by atoms with van der Waals surface area (Å²) in [5.74, 6) is 0.241. The molecule has 1 aliphatic rings. The quantitative estimate of drug-likeness (QED) is 0.762. The van der Waals surface area contributed by atoms with Crippen molar-refractivity contribution in [1.29, 1.82) is 0 Å². The van der Waals surface area contributed by atoms with Gasteiger partial charge in [0.25, 0.3) is 0 Å². The van der Waals surface area contributed by atoms with E-state index >= 15 is 0 Å². The fourth-order valence-electron chi connectivity index (χ4n) is 3.04. The van der Waals surface area contributed by atoms with E-state index in [0.717, 1.165) is 18.8 Å². The molecule has 26 heavy (non-hydrogen) atoms. The van der Waals surface area contributed by atoms with Crippen molar-refractivity contribution in [1.82, 2.24) is 4.98 Å². The van der Waals surface area contributed by atoms with Crippen molar-refractivity contribution < 1.29 is 19.0 Å². The zero-order valence-corrected chi connectivity index (χ0v) is 14.9. The molecular weight excluding hydrogens is 337 g/mol. The second-order valence-electron chi connectivity index (χ2n) is 6.08. The Morgan fingerprint density at radius 2 is 1.88 bits per heavy atom. The van der Waals surface area contributed by atoms with Gasteiger partial charge in [-0.3, -0.25) is 0 Å². The Labute approximate surface area is 152 Å². The summed E-state index contributed by atoms with van der Waals surface area (Å²) in [6.45, 7) is 3.63. The van der Waals surface area contributed by atoms with Gasteiger partial charge in [0.05, 0.1) is 18.9 Å². The van der Waals surface area contributed by atoms with Crippen LogP contribution in [0.2, 0.25) is 0 Å². The van der Waals surface area contributed by atoms with Crippen molar-refractivity contribution in [3.05, 3.63) is 47.9 Å². The maximum Gasteiger partial charge on any atom is 0.215 e. The standard InChI is InChI=1S/C19H24FN3O3/c1-25-11-12-26-18-13-16(5-6-21-18)22-7-9-23(10-8-22)17-4-2-3-15(14-24)19(17)20/h2-6,13,24H,7-12,14H2,1H3. The van der Waals surface area contributed by atoms with Crippen LogP contribution < -0.4 is 14.5 Å². The van der Waals surface area contributed by atoms with E-state index in [4.69, 9.17) is 9.47 Å². The van der Waals surface area contributed by atoms with E-state index in [2.05, 4.69) is 9.88 Å². The molecule has 1 aromatic carbocycles. The van der Waals surface area contributed by atoms with Crippen LogP contribution in [0.1, 0.15) is 5.56 Å². The molecular formula is C19H24FN3O3. The number of rotatable bonds is 7. The number of aliphatic hydroxyl groups excluding tert-OH is 1. The molecule has 1 aromatic heterocycles. The van der Waals surface area contributed by atoms with Crippen LogP contribution in [0.4, 0.5) is 15.8 Å². The minimum absolute atomic E-state index is 0.289. The van der Waals surface area contributed by atoms with Crippen molar-refractivity contribution in [2.75, 3.05) is 56.3 Å². The van der Waals surface area contributed by atoms with Crippen molar-refractivity contribution in [3.63, 3.8) is 0 Å². The smallest absolute Gasteiger partial charge is 0.215 e. The Hall–Kier alpha value is -2.38. The van der Waals surface area contributed by atoms with Gasteiger partial charge in [0.1, 0.15) is 6.61 Å². The average molecular weight is 361 g/mol. The van der Waals surface area contributed by atoms with Crippen molar-refractivity contribution >= 4 is 11.4 Å². The molecule has 1 saturated heterocycles. The third-order valence-corrected chi connectivity index (χ3v) is 4.47. The number of pyridine rings is 1. The van der Waals surface area contributed by atoms with E-state index in [0.29, 0.717) is 43.4 Å². The number of benzene rings is 1. The molecule has 0 saturated carbocycles. The molecule has 1 fully saturated rings. The van der Waals surface area contributed by atoms with E-state index in [1.807, 2.05) is 17.0 Å². The van der Waals surface area contributed by atoms with Crippen LogP contribution in [-0.4, -0.2) is 56.6 Å². The largest absolute Gasteiger partial charge is 0.475 e. The Morgan fingerprint density at radius 3 is 2.62 bits per heavy atom. The molecule has 140 valence electrons. The van der Waals surface area contributed by atoms with Crippen LogP contribution in [0.5, 0.6) is 5.88 Å². The second kappa shape index (κ2) is 8.82. The minimum atomic E-state index is -0.332. The summed E-state index contributed by atoms with van der Waals surface area (Å²) in [4.78, 5) is 8.46. The molecule has 1 aliphatic heterocycles. The summed E-state index contributed by atoms with van der Waals surface area (Å²) in [5.41, 5.74) is 1.92. The Kier molecular flexibility index (Phi) is 6.25. The van der Waals surface area contributed by atoms with Gasteiger partial charge in [0.2, 0.25) is 5.88 Å². The fraction of sp³-hybridized carbons (Fsp3) is 0.421. The highest BCUT2D eigenvalue weighted by Gasteiger charge is 2.21. The van der Waals surface area contributed by atoms with Gasteiger partial charge in [-0.25, -0.2) is 9.37 Å². The highest BCUT2D eigenvalue weighted by molar-refractivity contribution is 5.54. The van der Waals surface area contributed by atoms with Gasteiger partial charge in [-0.15, -0.1) is 0 Å². The number of piperazine rings is 1. The first kappa shape index (κ1) is 18.4. The Morgan fingerprint density at radius 1 is 1.12 bits per heavy atom. The zero-order valence-electron chi connectivity index (χ0n) is 14.9.